The van der Waals surface area contributed by atoms with Gasteiger partial charge in [0.1, 0.15) is 6.61 Å². The van der Waals surface area contributed by atoms with Crippen molar-refractivity contribution in [3.63, 3.8) is 0 Å². The molecule has 1 saturated heterocycles. The first-order valence-electron chi connectivity index (χ1n) is 9.30. The van der Waals surface area contributed by atoms with Crippen LogP contribution in [-0.4, -0.2) is 51.4 Å². The van der Waals surface area contributed by atoms with Crippen molar-refractivity contribution in [1.29, 1.82) is 0 Å². The van der Waals surface area contributed by atoms with Gasteiger partial charge in [-0.2, -0.15) is 0 Å². The predicted octanol–water partition coefficient (Wildman–Crippen LogP) is 3.35. The molecule has 3 rings (SSSR count). The third kappa shape index (κ3) is 6.11. The molecular weight excluding hydrogens is 364 g/mol. The lowest BCUT2D eigenvalue weighted by atomic mass is 10.1. The summed E-state index contributed by atoms with van der Waals surface area (Å²) in [5, 5.41) is 4.22. The van der Waals surface area contributed by atoms with Gasteiger partial charge in [0.15, 0.2) is 11.5 Å². The molecule has 27 heavy (non-hydrogen) atoms. The Morgan fingerprint density at radius 2 is 1.96 bits per heavy atom. The molecule has 1 aliphatic heterocycles. The average Bonchev–Trinajstić information content (AvgIpc) is 2.70. The zero-order valence-electron chi connectivity index (χ0n) is 15.7. The minimum absolute atomic E-state index is 0.446. The summed E-state index contributed by atoms with van der Waals surface area (Å²) in [4.78, 5) is 2.42. The SMILES string of the molecule is COc1cccc(CNCCN2CCOCC2)c1OCc1cccc(Cl)c1. The zero-order valence-corrected chi connectivity index (χ0v) is 16.5. The highest BCUT2D eigenvalue weighted by Crippen LogP contribution is 2.32. The Kier molecular flexibility index (Phi) is 7.78. The lowest BCUT2D eigenvalue weighted by Gasteiger charge is -2.26. The van der Waals surface area contributed by atoms with E-state index in [1.165, 1.54) is 0 Å². The van der Waals surface area contributed by atoms with Gasteiger partial charge >= 0.3 is 0 Å². The normalized spacial score (nSPS) is 14.9. The van der Waals surface area contributed by atoms with E-state index in [1.54, 1.807) is 7.11 Å². The van der Waals surface area contributed by atoms with E-state index >= 15 is 0 Å². The van der Waals surface area contributed by atoms with Gasteiger partial charge in [-0.05, 0) is 23.8 Å². The van der Waals surface area contributed by atoms with Crippen molar-refractivity contribution in [2.24, 2.45) is 0 Å². The number of hydrogen-bond donors (Lipinski definition) is 1. The van der Waals surface area contributed by atoms with Gasteiger partial charge in [0, 0.05) is 43.3 Å². The molecule has 146 valence electrons. The monoisotopic (exact) mass is 390 g/mol. The smallest absolute Gasteiger partial charge is 0.166 e. The fraction of sp³-hybridized carbons (Fsp3) is 0.429. The number of benzene rings is 2. The van der Waals surface area contributed by atoms with E-state index in [0.29, 0.717) is 11.6 Å². The van der Waals surface area contributed by atoms with Crippen molar-refractivity contribution in [3.05, 3.63) is 58.6 Å². The number of rotatable bonds is 9. The summed E-state index contributed by atoms with van der Waals surface area (Å²) >= 11 is 6.06. The summed E-state index contributed by atoms with van der Waals surface area (Å²) < 4.78 is 17.0. The highest BCUT2D eigenvalue weighted by Gasteiger charge is 2.12. The lowest BCUT2D eigenvalue weighted by molar-refractivity contribution is 0.0384. The minimum Gasteiger partial charge on any atom is -0.493 e. The predicted molar refractivity (Wildman–Crippen MR) is 108 cm³/mol. The molecule has 5 nitrogen and oxygen atoms in total. The summed E-state index contributed by atoms with van der Waals surface area (Å²) in [6.07, 6.45) is 0. The van der Waals surface area contributed by atoms with Gasteiger partial charge in [-0.3, -0.25) is 4.90 Å². The van der Waals surface area contributed by atoms with Crippen molar-refractivity contribution in [2.45, 2.75) is 13.2 Å². The number of nitrogens with one attached hydrogen (secondary N) is 1. The van der Waals surface area contributed by atoms with Crippen molar-refractivity contribution in [2.75, 3.05) is 46.5 Å². The van der Waals surface area contributed by atoms with Crippen molar-refractivity contribution < 1.29 is 14.2 Å². The zero-order chi connectivity index (χ0) is 18.9. The van der Waals surface area contributed by atoms with Crippen LogP contribution in [0.25, 0.3) is 0 Å². The number of nitrogens with zero attached hydrogens (tertiary/aromatic N) is 1. The maximum Gasteiger partial charge on any atom is 0.166 e. The molecule has 0 spiro atoms. The van der Waals surface area contributed by atoms with Gasteiger partial charge in [0.2, 0.25) is 0 Å². The summed E-state index contributed by atoms with van der Waals surface area (Å²) in [6.45, 7) is 6.80. The van der Waals surface area contributed by atoms with Crippen LogP contribution in [-0.2, 0) is 17.9 Å². The molecular formula is C21H27ClN2O3. The van der Waals surface area contributed by atoms with Crippen LogP contribution in [0.4, 0.5) is 0 Å². The van der Waals surface area contributed by atoms with Crippen molar-refractivity contribution in [1.82, 2.24) is 10.2 Å². The fourth-order valence-corrected chi connectivity index (χ4v) is 3.31. The maximum atomic E-state index is 6.10. The molecule has 0 saturated carbocycles. The molecule has 0 aromatic heterocycles. The van der Waals surface area contributed by atoms with Crippen LogP contribution in [0, 0.1) is 0 Å². The standard InChI is InChI=1S/C21H27ClN2O3/c1-25-20-7-3-5-18(15-23-8-9-24-10-12-26-13-11-24)21(20)27-16-17-4-2-6-19(22)14-17/h2-7,14,23H,8-13,15-16H2,1H3. The Bertz CT molecular complexity index is 720. The Morgan fingerprint density at radius 3 is 2.74 bits per heavy atom. The van der Waals surface area contributed by atoms with Crippen LogP contribution in [0.2, 0.25) is 5.02 Å². The third-order valence-electron chi connectivity index (χ3n) is 4.58. The summed E-state index contributed by atoms with van der Waals surface area (Å²) in [5.74, 6) is 1.52. The first-order valence-corrected chi connectivity index (χ1v) is 9.68. The minimum atomic E-state index is 0.446. The van der Waals surface area contributed by atoms with Gasteiger partial charge < -0.3 is 19.5 Å². The van der Waals surface area contributed by atoms with E-state index in [2.05, 4.69) is 16.3 Å². The van der Waals surface area contributed by atoms with Crippen molar-refractivity contribution in [3.8, 4) is 11.5 Å². The van der Waals surface area contributed by atoms with E-state index in [9.17, 15) is 0 Å². The van der Waals surface area contributed by atoms with Gasteiger partial charge in [0.25, 0.3) is 0 Å². The molecule has 1 heterocycles. The highest BCUT2D eigenvalue weighted by atomic mass is 35.5. The second kappa shape index (κ2) is 10.5. The van der Waals surface area contributed by atoms with Gasteiger partial charge in [-0.15, -0.1) is 0 Å². The maximum absolute atomic E-state index is 6.10. The van der Waals surface area contributed by atoms with Crippen LogP contribution >= 0.6 is 11.6 Å². The first-order chi connectivity index (χ1) is 13.3. The fourth-order valence-electron chi connectivity index (χ4n) is 3.09. The van der Waals surface area contributed by atoms with E-state index < -0.39 is 0 Å². The van der Waals surface area contributed by atoms with Crippen LogP contribution in [0.15, 0.2) is 42.5 Å². The Labute approximate surface area is 166 Å². The topological polar surface area (TPSA) is 43.0 Å². The molecule has 1 aliphatic rings. The number of hydrogen-bond acceptors (Lipinski definition) is 5. The molecule has 6 heteroatoms. The number of methoxy groups -OCH3 is 1. The van der Waals surface area contributed by atoms with E-state index in [1.807, 2.05) is 36.4 Å². The molecule has 0 aliphatic carbocycles. The Balaban J connectivity index is 1.57. The van der Waals surface area contributed by atoms with E-state index in [0.717, 1.165) is 68.6 Å². The molecule has 0 atom stereocenters. The van der Waals surface area contributed by atoms with Gasteiger partial charge in [-0.25, -0.2) is 0 Å². The van der Waals surface area contributed by atoms with Gasteiger partial charge in [-0.1, -0.05) is 35.9 Å². The largest absolute Gasteiger partial charge is 0.493 e. The molecule has 2 aromatic rings. The van der Waals surface area contributed by atoms with E-state index in [-0.39, 0.29) is 0 Å². The summed E-state index contributed by atoms with van der Waals surface area (Å²) in [5.41, 5.74) is 2.11. The number of ether oxygens (including phenoxy) is 3. The second-order valence-corrected chi connectivity index (χ2v) is 6.93. The molecule has 1 fully saturated rings. The molecule has 0 bridgehead atoms. The number of morpholine rings is 1. The molecule has 1 N–H and O–H groups in total. The summed E-state index contributed by atoms with van der Waals surface area (Å²) in [6, 6.07) is 13.7. The quantitative estimate of drug-likeness (QED) is 0.665. The first kappa shape index (κ1) is 20.0. The summed E-state index contributed by atoms with van der Waals surface area (Å²) in [7, 11) is 1.66. The van der Waals surface area contributed by atoms with Crippen LogP contribution < -0.4 is 14.8 Å². The number of para-hydroxylation sites is 1. The van der Waals surface area contributed by atoms with Crippen LogP contribution in [0.3, 0.4) is 0 Å². The second-order valence-electron chi connectivity index (χ2n) is 6.50. The lowest BCUT2D eigenvalue weighted by Crippen LogP contribution is -2.40. The Morgan fingerprint density at radius 1 is 1.15 bits per heavy atom. The Hall–Kier alpha value is -1.79. The molecule has 0 unspecified atom stereocenters. The van der Waals surface area contributed by atoms with E-state index in [4.69, 9.17) is 25.8 Å². The third-order valence-corrected chi connectivity index (χ3v) is 4.81. The highest BCUT2D eigenvalue weighted by molar-refractivity contribution is 6.30. The number of halogens is 1. The van der Waals surface area contributed by atoms with Crippen LogP contribution in [0.1, 0.15) is 11.1 Å². The average molecular weight is 391 g/mol. The molecule has 0 radical (unpaired) electrons. The van der Waals surface area contributed by atoms with Crippen LogP contribution in [0.5, 0.6) is 11.5 Å². The molecule has 0 amide bonds. The van der Waals surface area contributed by atoms with Gasteiger partial charge in [0.05, 0.1) is 20.3 Å². The van der Waals surface area contributed by atoms with Crippen molar-refractivity contribution >= 4 is 11.6 Å². The molecule has 2 aromatic carbocycles.